The molecule has 2 aliphatic carbocycles. The van der Waals surface area contributed by atoms with Gasteiger partial charge in [-0.25, -0.2) is 0 Å². The molecule has 0 amide bonds. The van der Waals surface area contributed by atoms with Crippen LogP contribution in [0.1, 0.15) is 38.5 Å². The van der Waals surface area contributed by atoms with E-state index in [0.29, 0.717) is 0 Å². The minimum absolute atomic E-state index is 0.0268. The van der Waals surface area contributed by atoms with E-state index in [4.69, 9.17) is 9.29 Å². The molecule has 0 aliphatic heterocycles. The van der Waals surface area contributed by atoms with E-state index in [0.717, 1.165) is 0 Å². The van der Waals surface area contributed by atoms with Crippen molar-refractivity contribution in [3.8, 4) is 0 Å². The third-order valence-corrected chi connectivity index (χ3v) is 7.01. The first kappa shape index (κ1) is 27.9. The highest BCUT2D eigenvalue weighted by molar-refractivity contribution is 7.87. The zero-order chi connectivity index (χ0) is 25.8. The van der Waals surface area contributed by atoms with Gasteiger partial charge in [0, 0.05) is 6.42 Å². The van der Waals surface area contributed by atoms with Crippen molar-refractivity contribution in [2.45, 2.75) is 73.8 Å². The van der Waals surface area contributed by atoms with Crippen molar-refractivity contribution in [2.75, 3.05) is 0 Å². The van der Waals surface area contributed by atoms with Gasteiger partial charge in [-0.2, -0.15) is 52.3 Å². The van der Waals surface area contributed by atoms with Crippen molar-refractivity contribution in [1.29, 1.82) is 0 Å². The van der Waals surface area contributed by atoms with Crippen LogP contribution in [0.15, 0.2) is 0 Å². The molecule has 0 heterocycles. The van der Waals surface area contributed by atoms with Gasteiger partial charge in [0.2, 0.25) is 0 Å². The number of halogens is 10. The summed E-state index contributed by atoms with van der Waals surface area (Å²) in [6.07, 6.45) is -18.9. The van der Waals surface area contributed by atoms with Gasteiger partial charge in [-0.1, -0.05) is 0 Å². The highest BCUT2D eigenvalue weighted by Gasteiger charge is 2.71. The van der Waals surface area contributed by atoms with Crippen LogP contribution in [0.25, 0.3) is 0 Å². The number of alkyl halides is 10. The Morgan fingerprint density at radius 1 is 0.909 bits per heavy atom. The topological polar surface area (TPSA) is 101 Å². The summed E-state index contributed by atoms with van der Waals surface area (Å²) in [7, 11) is -6.53. The van der Waals surface area contributed by atoms with Gasteiger partial charge in [-0.3, -0.25) is 9.35 Å². The third kappa shape index (κ3) is 5.18. The molecule has 2 rings (SSSR count). The zero-order valence-electron chi connectivity index (χ0n) is 16.3. The summed E-state index contributed by atoms with van der Waals surface area (Å²) >= 11 is 0. The van der Waals surface area contributed by atoms with Crippen molar-refractivity contribution < 1.29 is 71.5 Å². The van der Waals surface area contributed by atoms with Crippen LogP contribution in [-0.4, -0.2) is 59.3 Å². The summed E-state index contributed by atoms with van der Waals surface area (Å²) in [4.78, 5) is 11.8. The van der Waals surface area contributed by atoms with Gasteiger partial charge in [0.15, 0.2) is 0 Å². The Kier molecular flexibility index (Phi) is 7.09. The Hall–Kier alpha value is -1.36. The number of carbonyl (C=O) groups is 1. The fourth-order valence-corrected chi connectivity index (χ4v) is 4.87. The second-order valence-electron chi connectivity index (χ2n) is 8.28. The fourth-order valence-electron chi connectivity index (χ4n) is 4.39. The molecule has 2 saturated carbocycles. The maximum absolute atomic E-state index is 13.5. The van der Waals surface area contributed by atoms with E-state index < -0.39 is 88.3 Å². The highest BCUT2D eigenvalue weighted by atomic mass is 32.2. The summed E-state index contributed by atoms with van der Waals surface area (Å²) in [6, 6.07) is 0. The summed E-state index contributed by atoms with van der Waals surface area (Å²) in [5.41, 5.74) is -5.02. The molecule has 0 radical (unpaired) electrons. The minimum Gasteiger partial charge on any atom is -0.462 e. The largest absolute Gasteiger partial charge is 0.462 e. The number of aliphatic hydroxyl groups is 1. The van der Waals surface area contributed by atoms with Crippen LogP contribution >= 0.6 is 0 Å². The molecule has 0 saturated heterocycles. The summed E-state index contributed by atoms with van der Waals surface area (Å²) < 4.78 is 165. The average Bonchev–Trinajstić information content (AvgIpc) is 3.16. The number of hydrogen-bond donors (Lipinski definition) is 2. The van der Waals surface area contributed by atoms with Crippen LogP contribution < -0.4 is 0 Å². The van der Waals surface area contributed by atoms with Crippen molar-refractivity contribution in [3.63, 3.8) is 0 Å². The second kappa shape index (κ2) is 8.39. The van der Waals surface area contributed by atoms with Gasteiger partial charge in [0.25, 0.3) is 5.60 Å². The number of carbonyl (C=O) groups excluding carboxylic acids is 1. The zero-order valence-corrected chi connectivity index (χ0v) is 17.1. The molecular formula is C16H18F10O6S. The minimum atomic E-state index is -6.53. The molecule has 33 heavy (non-hydrogen) atoms. The molecule has 0 spiro atoms. The summed E-state index contributed by atoms with van der Waals surface area (Å²) in [5, 5.41) is 3.46. The maximum Gasteiger partial charge on any atom is 0.431 e. The number of esters is 1. The van der Waals surface area contributed by atoms with Crippen LogP contribution in [0.4, 0.5) is 43.9 Å². The molecule has 2 fully saturated rings. The van der Waals surface area contributed by atoms with Gasteiger partial charge in [-0.15, -0.1) is 0 Å². The molecule has 4 atom stereocenters. The van der Waals surface area contributed by atoms with E-state index in [1.54, 1.807) is 0 Å². The Morgan fingerprint density at radius 3 is 1.85 bits per heavy atom. The smallest absolute Gasteiger partial charge is 0.431 e. The van der Waals surface area contributed by atoms with Crippen molar-refractivity contribution in [3.05, 3.63) is 0 Å². The standard InChI is InChI=1S/C16H18F10O6S/c17-13(18,16(25,26)33(29,30)31)2-1-11(27)32-10-5-7-3-8(9(10)4-7)6-12(28,14(19,20)21)15(22,23)24/h7-10,28H,1-6H2,(H,29,30,31). The quantitative estimate of drug-likeness (QED) is 0.280. The molecule has 194 valence electrons. The summed E-state index contributed by atoms with van der Waals surface area (Å²) in [5.74, 6) is -9.89. The first-order chi connectivity index (χ1) is 14.5. The predicted molar refractivity (Wildman–Crippen MR) is 86.6 cm³/mol. The Morgan fingerprint density at radius 2 is 1.42 bits per heavy atom. The average molecular weight is 528 g/mol. The number of ether oxygens (including phenoxy) is 1. The van der Waals surface area contributed by atoms with Gasteiger partial charge < -0.3 is 9.84 Å². The number of rotatable bonds is 8. The van der Waals surface area contributed by atoms with Gasteiger partial charge in [0.1, 0.15) is 6.10 Å². The molecule has 0 aromatic carbocycles. The van der Waals surface area contributed by atoms with E-state index >= 15 is 0 Å². The normalized spacial score (nSPS) is 27.2. The lowest BCUT2D eigenvalue weighted by Gasteiger charge is -2.38. The molecule has 6 nitrogen and oxygen atoms in total. The molecule has 2 bridgehead atoms. The Balaban J connectivity index is 2.04. The first-order valence-electron chi connectivity index (χ1n) is 9.31. The predicted octanol–water partition coefficient (Wildman–Crippen LogP) is 4.09. The maximum atomic E-state index is 13.5. The fraction of sp³-hybridized carbons (Fsp3) is 0.938. The number of fused-ring (bicyclic) bond motifs is 2. The van der Waals surface area contributed by atoms with Crippen molar-refractivity contribution in [2.24, 2.45) is 17.8 Å². The molecule has 17 heteroatoms. The monoisotopic (exact) mass is 528 g/mol. The van der Waals surface area contributed by atoms with Crippen molar-refractivity contribution >= 4 is 16.1 Å². The molecule has 0 aromatic heterocycles. The van der Waals surface area contributed by atoms with Crippen molar-refractivity contribution in [1.82, 2.24) is 0 Å². The Labute approximate surface area is 180 Å². The molecule has 2 aliphatic rings. The van der Waals surface area contributed by atoms with Crippen LogP contribution in [-0.2, 0) is 19.6 Å². The molecule has 0 aromatic rings. The molecule has 2 N–H and O–H groups in total. The van der Waals surface area contributed by atoms with Crippen LogP contribution in [0.5, 0.6) is 0 Å². The lowest BCUT2D eigenvalue weighted by atomic mass is 9.78. The van der Waals surface area contributed by atoms with Gasteiger partial charge >= 0.3 is 39.6 Å². The van der Waals surface area contributed by atoms with Crippen LogP contribution in [0.2, 0.25) is 0 Å². The Bertz CT molecular complexity index is 839. The van der Waals surface area contributed by atoms with Crippen LogP contribution in [0.3, 0.4) is 0 Å². The van der Waals surface area contributed by atoms with Gasteiger partial charge in [-0.05, 0) is 43.4 Å². The summed E-state index contributed by atoms with van der Waals surface area (Å²) in [6.45, 7) is 0. The third-order valence-electron chi connectivity index (χ3n) is 6.06. The van der Waals surface area contributed by atoms with Gasteiger partial charge in [0.05, 0.1) is 6.42 Å². The SMILES string of the molecule is O=C(CCC(F)(F)C(F)(F)S(=O)(=O)O)OC1CC2CC(CC(O)(C(F)(F)F)C(F)(F)F)C1C2. The lowest BCUT2D eigenvalue weighted by molar-refractivity contribution is -0.373. The molecule has 4 unspecified atom stereocenters. The first-order valence-corrected chi connectivity index (χ1v) is 10.8. The van der Waals surface area contributed by atoms with E-state index in [-0.39, 0.29) is 19.3 Å². The highest BCUT2D eigenvalue weighted by Crippen LogP contribution is 2.56. The van der Waals surface area contributed by atoms with Crippen LogP contribution in [0, 0.1) is 17.8 Å². The van der Waals surface area contributed by atoms with E-state index in [9.17, 15) is 62.2 Å². The second-order valence-corrected chi connectivity index (χ2v) is 9.74. The van der Waals surface area contributed by atoms with E-state index in [2.05, 4.69) is 0 Å². The van der Waals surface area contributed by atoms with E-state index in [1.807, 2.05) is 0 Å². The number of hydrogen-bond acceptors (Lipinski definition) is 5. The molecular weight excluding hydrogens is 510 g/mol. The van der Waals surface area contributed by atoms with E-state index in [1.165, 1.54) is 0 Å². The lowest BCUT2D eigenvalue weighted by Crippen LogP contribution is -2.58.